The average molecular weight is 363 g/mol. The maximum Gasteiger partial charge on any atom is 0.271 e. The second-order valence-corrected chi connectivity index (χ2v) is 5.07. The van der Waals surface area contributed by atoms with Crippen molar-refractivity contribution in [3.8, 4) is 17.9 Å². The minimum atomic E-state index is -0.739. The van der Waals surface area contributed by atoms with Gasteiger partial charge in [-0.1, -0.05) is 12.1 Å². The van der Waals surface area contributed by atoms with Crippen molar-refractivity contribution < 1.29 is 14.5 Å². The molecule has 134 valence electrons. The van der Waals surface area contributed by atoms with Crippen molar-refractivity contribution in [2.75, 3.05) is 17.7 Å². The number of anilines is 2. The molecule has 2 N–H and O–H groups in total. The molecule has 2 aromatic carbocycles. The van der Waals surface area contributed by atoms with E-state index in [1.807, 2.05) is 6.07 Å². The first-order chi connectivity index (χ1) is 13.0. The van der Waals surface area contributed by atoms with Crippen LogP contribution in [0, 0.1) is 32.8 Å². The average Bonchev–Trinajstić information content (AvgIpc) is 2.68. The molecule has 27 heavy (non-hydrogen) atoms. The van der Waals surface area contributed by atoms with E-state index >= 15 is 0 Å². The number of non-ortho nitro benzene ring substituents is 1. The van der Waals surface area contributed by atoms with Crippen molar-refractivity contribution in [2.24, 2.45) is 0 Å². The molecule has 0 saturated heterocycles. The Morgan fingerprint density at radius 3 is 2.59 bits per heavy atom. The van der Waals surface area contributed by atoms with E-state index in [0.29, 0.717) is 5.75 Å². The number of benzene rings is 2. The van der Waals surface area contributed by atoms with E-state index in [4.69, 9.17) is 10.00 Å². The maximum atomic E-state index is 12.3. The van der Waals surface area contributed by atoms with Crippen LogP contribution in [0.25, 0.3) is 0 Å². The molecule has 9 nitrogen and oxygen atoms in total. The summed E-state index contributed by atoms with van der Waals surface area (Å²) in [4.78, 5) is 22.6. The number of methoxy groups -OCH3 is 1. The Morgan fingerprint density at radius 1 is 1.22 bits per heavy atom. The van der Waals surface area contributed by atoms with E-state index in [0.717, 1.165) is 6.20 Å². The highest BCUT2D eigenvalue weighted by Crippen LogP contribution is 2.29. The minimum absolute atomic E-state index is 0.183. The standard InChI is InChI=1S/C18H13N5O4/c1-27-17-7-6-14(23(25)26)8-16(17)21-11-13(10-20)18(24)22-15-5-3-2-4-12(15)9-19/h2-8,11,21H,1H3,(H,22,24)/b13-11-. The number of nitro benzene ring substituents is 1. The van der Waals surface area contributed by atoms with Gasteiger partial charge in [-0.3, -0.25) is 14.9 Å². The number of amides is 1. The molecule has 0 radical (unpaired) electrons. The highest BCUT2D eigenvalue weighted by molar-refractivity contribution is 6.07. The fourth-order valence-electron chi connectivity index (χ4n) is 2.10. The largest absolute Gasteiger partial charge is 0.495 e. The zero-order valence-electron chi connectivity index (χ0n) is 14.1. The van der Waals surface area contributed by atoms with Crippen molar-refractivity contribution in [2.45, 2.75) is 0 Å². The van der Waals surface area contributed by atoms with E-state index < -0.39 is 10.8 Å². The summed E-state index contributed by atoms with van der Waals surface area (Å²) in [6.07, 6.45) is 1.10. The molecule has 0 spiro atoms. The van der Waals surface area contributed by atoms with Crippen LogP contribution < -0.4 is 15.4 Å². The van der Waals surface area contributed by atoms with Crippen molar-refractivity contribution in [1.82, 2.24) is 0 Å². The first kappa shape index (κ1) is 19.0. The van der Waals surface area contributed by atoms with Crippen LogP contribution in [-0.4, -0.2) is 17.9 Å². The SMILES string of the molecule is COc1ccc([N+](=O)[O-])cc1N/C=C(/C#N)C(=O)Nc1ccccc1C#N. The number of nitriles is 2. The molecule has 0 aromatic heterocycles. The van der Waals surface area contributed by atoms with E-state index in [-0.39, 0.29) is 28.2 Å². The maximum absolute atomic E-state index is 12.3. The smallest absolute Gasteiger partial charge is 0.271 e. The van der Waals surface area contributed by atoms with Crippen LogP contribution in [0.4, 0.5) is 17.1 Å². The van der Waals surface area contributed by atoms with Gasteiger partial charge in [-0.25, -0.2) is 0 Å². The van der Waals surface area contributed by atoms with Crippen LogP contribution in [-0.2, 0) is 4.79 Å². The van der Waals surface area contributed by atoms with Crippen molar-refractivity contribution in [1.29, 1.82) is 10.5 Å². The fraction of sp³-hybridized carbons (Fsp3) is 0.0556. The van der Waals surface area contributed by atoms with Crippen molar-refractivity contribution in [3.63, 3.8) is 0 Å². The lowest BCUT2D eigenvalue weighted by atomic mass is 10.2. The molecule has 0 heterocycles. The Balaban J connectivity index is 2.25. The molecule has 0 saturated carbocycles. The number of nitrogens with zero attached hydrogens (tertiary/aromatic N) is 3. The monoisotopic (exact) mass is 363 g/mol. The first-order valence-electron chi connectivity index (χ1n) is 7.50. The molecule has 0 aliphatic heterocycles. The van der Waals surface area contributed by atoms with Gasteiger partial charge in [0.05, 0.1) is 29.0 Å². The lowest BCUT2D eigenvalue weighted by Gasteiger charge is -2.09. The Morgan fingerprint density at radius 2 is 1.96 bits per heavy atom. The molecular weight excluding hydrogens is 350 g/mol. The van der Waals surface area contributed by atoms with Crippen LogP contribution in [0.5, 0.6) is 5.75 Å². The molecule has 9 heteroatoms. The number of para-hydroxylation sites is 1. The van der Waals surface area contributed by atoms with Crippen LogP contribution in [0.2, 0.25) is 0 Å². The molecule has 0 bridgehead atoms. The molecule has 0 atom stereocenters. The van der Waals surface area contributed by atoms with Crippen LogP contribution in [0.1, 0.15) is 5.56 Å². The quantitative estimate of drug-likeness (QED) is 0.348. The molecule has 0 fully saturated rings. The fourth-order valence-corrected chi connectivity index (χ4v) is 2.10. The van der Waals surface area contributed by atoms with Crippen LogP contribution >= 0.6 is 0 Å². The minimum Gasteiger partial charge on any atom is -0.495 e. The highest BCUT2D eigenvalue weighted by Gasteiger charge is 2.14. The first-order valence-corrected chi connectivity index (χ1v) is 7.50. The lowest BCUT2D eigenvalue weighted by molar-refractivity contribution is -0.384. The zero-order valence-corrected chi connectivity index (χ0v) is 14.1. The Hall–Kier alpha value is -4.37. The summed E-state index contributed by atoms with van der Waals surface area (Å²) in [5.74, 6) is -0.443. The molecule has 0 aliphatic rings. The molecule has 0 aliphatic carbocycles. The topological polar surface area (TPSA) is 141 Å². The summed E-state index contributed by atoms with van der Waals surface area (Å²) in [5.41, 5.74) is 0.245. The molecule has 1 amide bonds. The third-order valence-electron chi connectivity index (χ3n) is 3.43. The van der Waals surface area contributed by atoms with Gasteiger partial charge in [0.1, 0.15) is 23.5 Å². The summed E-state index contributed by atoms with van der Waals surface area (Å²) in [6.45, 7) is 0. The summed E-state index contributed by atoms with van der Waals surface area (Å²) in [5, 5.41) is 34.3. The number of rotatable bonds is 6. The molecule has 2 aromatic rings. The summed E-state index contributed by atoms with van der Waals surface area (Å²) in [6, 6.07) is 13.9. The normalized spacial score (nSPS) is 10.3. The Labute approximate surface area is 154 Å². The molecular formula is C18H13N5O4. The van der Waals surface area contributed by atoms with Crippen LogP contribution in [0.15, 0.2) is 54.2 Å². The van der Waals surface area contributed by atoms with Gasteiger partial charge in [-0.15, -0.1) is 0 Å². The Kier molecular flexibility index (Phi) is 6.07. The summed E-state index contributed by atoms with van der Waals surface area (Å²) >= 11 is 0. The third kappa shape index (κ3) is 4.59. The molecule has 2 rings (SSSR count). The predicted octanol–water partition coefficient (Wildman–Crippen LogP) is 2.93. The van der Waals surface area contributed by atoms with Gasteiger partial charge in [0.25, 0.3) is 11.6 Å². The van der Waals surface area contributed by atoms with Crippen molar-refractivity contribution >= 4 is 23.0 Å². The van der Waals surface area contributed by atoms with Gasteiger partial charge >= 0.3 is 0 Å². The van der Waals surface area contributed by atoms with Gasteiger partial charge in [-0.05, 0) is 18.2 Å². The number of nitrogens with one attached hydrogen (secondary N) is 2. The Bertz CT molecular complexity index is 1000. The second kappa shape index (κ2) is 8.65. The zero-order chi connectivity index (χ0) is 19.8. The number of nitro groups is 1. The second-order valence-electron chi connectivity index (χ2n) is 5.07. The van der Waals surface area contributed by atoms with E-state index in [1.54, 1.807) is 18.2 Å². The van der Waals surface area contributed by atoms with E-state index in [9.17, 15) is 20.2 Å². The van der Waals surface area contributed by atoms with Gasteiger partial charge in [0, 0.05) is 18.3 Å². The highest BCUT2D eigenvalue weighted by atomic mass is 16.6. The van der Waals surface area contributed by atoms with Gasteiger partial charge in [-0.2, -0.15) is 10.5 Å². The van der Waals surface area contributed by atoms with E-state index in [1.165, 1.54) is 37.4 Å². The lowest BCUT2D eigenvalue weighted by Crippen LogP contribution is -2.15. The summed E-state index contributed by atoms with van der Waals surface area (Å²) in [7, 11) is 1.38. The van der Waals surface area contributed by atoms with Gasteiger partial charge in [0.15, 0.2) is 0 Å². The summed E-state index contributed by atoms with van der Waals surface area (Å²) < 4.78 is 5.10. The number of carbonyl (C=O) groups excluding carboxylic acids is 1. The van der Waals surface area contributed by atoms with Crippen LogP contribution in [0.3, 0.4) is 0 Å². The number of ether oxygens (including phenoxy) is 1. The van der Waals surface area contributed by atoms with Gasteiger partial charge < -0.3 is 15.4 Å². The third-order valence-corrected chi connectivity index (χ3v) is 3.43. The predicted molar refractivity (Wildman–Crippen MR) is 96.8 cm³/mol. The number of hydrogen-bond donors (Lipinski definition) is 2. The van der Waals surface area contributed by atoms with E-state index in [2.05, 4.69) is 10.6 Å². The molecule has 0 unspecified atom stereocenters. The number of carbonyl (C=O) groups is 1. The van der Waals surface area contributed by atoms with Crippen molar-refractivity contribution in [3.05, 3.63) is 69.9 Å². The number of hydrogen-bond acceptors (Lipinski definition) is 7. The van der Waals surface area contributed by atoms with Gasteiger partial charge in [0.2, 0.25) is 0 Å².